The van der Waals surface area contributed by atoms with Gasteiger partial charge in [0.2, 0.25) is 0 Å². The number of unbranched alkanes of at least 4 members (excludes halogenated alkanes) is 1. The van der Waals surface area contributed by atoms with E-state index in [1.807, 2.05) is 31.2 Å². The summed E-state index contributed by atoms with van der Waals surface area (Å²) >= 11 is 0. The Morgan fingerprint density at radius 1 is 1.17 bits per heavy atom. The van der Waals surface area contributed by atoms with E-state index in [1.54, 1.807) is 11.4 Å². The summed E-state index contributed by atoms with van der Waals surface area (Å²) in [6.07, 6.45) is 4.74. The van der Waals surface area contributed by atoms with Crippen molar-refractivity contribution < 1.29 is 14.3 Å². The normalized spacial score (nSPS) is 10.9. The number of amides is 1. The summed E-state index contributed by atoms with van der Waals surface area (Å²) < 4.78 is 6.71. The molecule has 152 valence electrons. The zero-order valence-corrected chi connectivity index (χ0v) is 16.9. The van der Waals surface area contributed by atoms with Crippen LogP contribution in [0.3, 0.4) is 0 Å². The van der Waals surface area contributed by atoms with Gasteiger partial charge in [-0.1, -0.05) is 25.5 Å². The van der Waals surface area contributed by atoms with Gasteiger partial charge < -0.3 is 10.1 Å². The van der Waals surface area contributed by atoms with Crippen LogP contribution in [0, 0.1) is 13.8 Å². The number of aromatic nitrogens is 4. The third-order valence-electron chi connectivity index (χ3n) is 4.73. The summed E-state index contributed by atoms with van der Waals surface area (Å²) in [5.74, 6) is -0.391. The lowest BCUT2D eigenvalue weighted by atomic mass is 10.1. The lowest BCUT2D eigenvalue weighted by Crippen LogP contribution is -2.22. The second kappa shape index (κ2) is 9.27. The zero-order valence-electron chi connectivity index (χ0n) is 16.9. The van der Waals surface area contributed by atoms with Gasteiger partial charge in [-0.15, -0.1) is 0 Å². The third-order valence-corrected chi connectivity index (χ3v) is 4.73. The number of aryl methyl sites for hydroxylation is 3. The first-order chi connectivity index (χ1) is 14.0. The van der Waals surface area contributed by atoms with E-state index < -0.39 is 5.97 Å². The molecule has 2 aromatic heterocycles. The van der Waals surface area contributed by atoms with Gasteiger partial charge in [-0.05, 0) is 44.4 Å². The number of rotatable bonds is 8. The molecular weight excluding hydrogens is 370 g/mol. The maximum Gasteiger partial charge on any atom is 0.310 e. The van der Waals surface area contributed by atoms with Crippen molar-refractivity contribution in [2.24, 2.45) is 0 Å². The molecule has 2 heterocycles. The van der Waals surface area contributed by atoms with Crippen molar-refractivity contribution in [1.82, 2.24) is 19.6 Å². The summed E-state index contributed by atoms with van der Waals surface area (Å²) in [6.45, 7) is 5.46. The van der Waals surface area contributed by atoms with E-state index in [-0.39, 0.29) is 18.9 Å². The molecule has 8 nitrogen and oxygen atoms in total. The average Bonchev–Trinajstić information content (AvgIpc) is 3.17. The maximum atomic E-state index is 12.2. The molecule has 1 amide bonds. The first kappa shape index (κ1) is 20.4. The van der Waals surface area contributed by atoms with Gasteiger partial charge in [-0.3, -0.25) is 9.59 Å². The Balaban J connectivity index is 1.52. The summed E-state index contributed by atoms with van der Waals surface area (Å²) in [7, 11) is 0. The zero-order chi connectivity index (χ0) is 20.8. The Bertz CT molecular complexity index is 1010. The summed E-state index contributed by atoms with van der Waals surface area (Å²) in [4.78, 5) is 32.7. The summed E-state index contributed by atoms with van der Waals surface area (Å²) in [5.41, 5.74) is 4.09. The van der Waals surface area contributed by atoms with Gasteiger partial charge in [-0.25, -0.2) is 9.50 Å². The third kappa shape index (κ3) is 5.16. The number of hydrogen-bond donors (Lipinski definition) is 1. The minimum atomic E-state index is -0.498. The minimum Gasteiger partial charge on any atom is -0.455 e. The van der Waals surface area contributed by atoms with Crippen LogP contribution in [0.5, 0.6) is 0 Å². The van der Waals surface area contributed by atoms with Crippen LogP contribution in [-0.4, -0.2) is 38.1 Å². The van der Waals surface area contributed by atoms with Gasteiger partial charge in [0.15, 0.2) is 6.61 Å². The molecule has 0 fully saturated rings. The number of fused-ring (bicyclic) bond motifs is 1. The Morgan fingerprint density at radius 2 is 1.93 bits per heavy atom. The van der Waals surface area contributed by atoms with Gasteiger partial charge in [0.25, 0.3) is 11.7 Å². The van der Waals surface area contributed by atoms with E-state index in [9.17, 15) is 9.59 Å². The fraction of sp³-hybridized carbons (Fsp3) is 0.381. The Hall–Kier alpha value is -3.29. The number of esters is 1. The highest BCUT2D eigenvalue weighted by Gasteiger charge is 2.16. The van der Waals surface area contributed by atoms with Crippen molar-refractivity contribution >= 4 is 23.3 Å². The molecule has 0 radical (unpaired) electrons. The largest absolute Gasteiger partial charge is 0.455 e. The van der Waals surface area contributed by atoms with Gasteiger partial charge >= 0.3 is 5.97 Å². The van der Waals surface area contributed by atoms with Crippen molar-refractivity contribution in [3.8, 4) is 0 Å². The number of anilines is 1. The Kier molecular flexibility index (Phi) is 6.54. The monoisotopic (exact) mass is 395 g/mol. The highest BCUT2D eigenvalue weighted by molar-refractivity contribution is 5.92. The lowest BCUT2D eigenvalue weighted by Gasteiger charge is -2.11. The first-order valence-electron chi connectivity index (χ1n) is 9.68. The van der Waals surface area contributed by atoms with Gasteiger partial charge in [0.1, 0.15) is 6.33 Å². The fourth-order valence-corrected chi connectivity index (χ4v) is 3.09. The molecule has 8 heteroatoms. The highest BCUT2D eigenvalue weighted by atomic mass is 16.5. The van der Waals surface area contributed by atoms with Crippen molar-refractivity contribution in [3.63, 3.8) is 0 Å². The standard InChI is InChI=1S/C21H25N5O3/c1-4-5-6-16-7-9-17(10-8-16)25-19(27)12-29-20(28)11-18-14(2)24-21-22-13-23-26(21)15(18)3/h7-10,13H,4-6,11-12H2,1-3H3,(H,25,27). The predicted molar refractivity (Wildman–Crippen MR) is 109 cm³/mol. The molecule has 29 heavy (non-hydrogen) atoms. The van der Waals surface area contributed by atoms with Crippen LogP contribution in [0.1, 0.15) is 42.3 Å². The van der Waals surface area contributed by atoms with Crippen molar-refractivity contribution in [2.45, 2.75) is 46.5 Å². The molecule has 0 saturated heterocycles. The van der Waals surface area contributed by atoms with Gasteiger partial charge in [-0.2, -0.15) is 10.1 Å². The molecule has 1 aromatic carbocycles. The van der Waals surface area contributed by atoms with E-state index in [0.29, 0.717) is 17.2 Å². The summed E-state index contributed by atoms with van der Waals surface area (Å²) in [5, 5.41) is 6.83. The van der Waals surface area contributed by atoms with Crippen LogP contribution in [0.2, 0.25) is 0 Å². The quantitative estimate of drug-likeness (QED) is 0.589. The lowest BCUT2D eigenvalue weighted by molar-refractivity contribution is -0.146. The molecule has 3 aromatic rings. The Labute approximate surface area is 169 Å². The van der Waals surface area contributed by atoms with Gasteiger partial charge in [0, 0.05) is 22.6 Å². The molecule has 0 atom stereocenters. The number of carbonyl (C=O) groups is 2. The van der Waals surface area contributed by atoms with Crippen LogP contribution >= 0.6 is 0 Å². The molecule has 0 aliphatic heterocycles. The Morgan fingerprint density at radius 3 is 2.66 bits per heavy atom. The number of benzene rings is 1. The van der Waals surface area contributed by atoms with Crippen LogP contribution in [0.25, 0.3) is 5.78 Å². The SMILES string of the molecule is CCCCc1ccc(NC(=O)COC(=O)Cc2c(C)nc3ncnn3c2C)cc1. The molecule has 1 N–H and O–H groups in total. The van der Waals surface area contributed by atoms with E-state index in [2.05, 4.69) is 27.3 Å². The molecule has 0 aliphatic carbocycles. The van der Waals surface area contributed by atoms with Crippen LogP contribution < -0.4 is 5.32 Å². The van der Waals surface area contributed by atoms with Crippen LogP contribution in [-0.2, 0) is 27.2 Å². The van der Waals surface area contributed by atoms with E-state index >= 15 is 0 Å². The number of carbonyl (C=O) groups excluding carboxylic acids is 2. The molecule has 3 rings (SSSR count). The number of hydrogen-bond acceptors (Lipinski definition) is 6. The molecule has 0 saturated carbocycles. The first-order valence-corrected chi connectivity index (χ1v) is 9.68. The molecular formula is C21H25N5O3. The summed E-state index contributed by atoms with van der Waals surface area (Å²) in [6, 6.07) is 7.71. The second-order valence-electron chi connectivity index (χ2n) is 6.92. The average molecular weight is 395 g/mol. The fourth-order valence-electron chi connectivity index (χ4n) is 3.09. The number of nitrogens with zero attached hydrogens (tertiary/aromatic N) is 4. The van der Waals surface area contributed by atoms with Crippen LogP contribution in [0.15, 0.2) is 30.6 Å². The number of nitrogens with one attached hydrogen (secondary N) is 1. The topological polar surface area (TPSA) is 98.5 Å². The van der Waals surface area contributed by atoms with Crippen LogP contribution in [0.4, 0.5) is 5.69 Å². The predicted octanol–water partition coefficient (Wildman–Crippen LogP) is 2.81. The number of ether oxygens (including phenoxy) is 1. The van der Waals surface area contributed by atoms with Crippen molar-refractivity contribution in [2.75, 3.05) is 11.9 Å². The molecule has 0 unspecified atom stereocenters. The molecule has 0 spiro atoms. The maximum absolute atomic E-state index is 12.2. The van der Waals surface area contributed by atoms with E-state index in [4.69, 9.17) is 4.74 Å². The highest BCUT2D eigenvalue weighted by Crippen LogP contribution is 2.14. The van der Waals surface area contributed by atoms with E-state index in [0.717, 1.165) is 30.5 Å². The molecule has 0 bridgehead atoms. The minimum absolute atomic E-state index is 0.0138. The second-order valence-corrected chi connectivity index (χ2v) is 6.92. The molecule has 0 aliphatic rings. The van der Waals surface area contributed by atoms with Crippen molar-refractivity contribution in [1.29, 1.82) is 0 Å². The van der Waals surface area contributed by atoms with Crippen molar-refractivity contribution in [3.05, 3.63) is 53.1 Å². The smallest absolute Gasteiger partial charge is 0.310 e. The van der Waals surface area contributed by atoms with Gasteiger partial charge in [0.05, 0.1) is 6.42 Å². The van der Waals surface area contributed by atoms with E-state index in [1.165, 1.54) is 11.9 Å².